The van der Waals surface area contributed by atoms with Crippen LogP contribution in [0.2, 0.25) is 0 Å². The van der Waals surface area contributed by atoms with Crippen molar-refractivity contribution < 1.29 is 0 Å². The van der Waals surface area contributed by atoms with Gasteiger partial charge < -0.3 is 0 Å². The van der Waals surface area contributed by atoms with Gasteiger partial charge in [0.2, 0.25) is 0 Å². The molecule has 0 N–H and O–H groups in total. The van der Waals surface area contributed by atoms with E-state index < -0.39 is 0 Å². The van der Waals surface area contributed by atoms with Crippen molar-refractivity contribution >= 4 is 5.71 Å². The molecule has 0 fully saturated rings. The largest absolute Gasteiger partial charge is 0.262 e. The van der Waals surface area contributed by atoms with Crippen molar-refractivity contribution in [2.24, 2.45) is 4.99 Å². The van der Waals surface area contributed by atoms with Gasteiger partial charge in [-0.25, -0.2) is 0 Å². The van der Waals surface area contributed by atoms with E-state index in [2.05, 4.69) is 46.4 Å². The molecular formula is C19H31N. The molecule has 0 saturated carbocycles. The minimum atomic E-state index is 0.875. The lowest BCUT2D eigenvalue weighted by Gasteiger charge is -2.10. The Balaban J connectivity index is 5.12. The summed E-state index contributed by atoms with van der Waals surface area (Å²) in [5.74, 6) is 0. The molecule has 1 heteroatoms. The second-order valence-corrected chi connectivity index (χ2v) is 5.00. The Labute approximate surface area is 125 Å². The van der Waals surface area contributed by atoms with Gasteiger partial charge in [-0.15, -0.1) is 0 Å². The molecule has 0 rings (SSSR count). The maximum absolute atomic E-state index is 4.86. The van der Waals surface area contributed by atoms with Crippen LogP contribution in [-0.2, 0) is 0 Å². The Hall–Kier alpha value is -1.37. The smallest absolute Gasteiger partial charge is 0.0392 e. The minimum absolute atomic E-state index is 0.875. The van der Waals surface area contributed by atoms with Crippen LogP contribution in [0.4, 0.5) is 0 Å². The monoisotopic (exact) mass is 273 g/mol. The summed E-state index contributed by atoms with van der Waals surface area (Å²) in [7, 11) is 0. The van der Waals surface area contributed by atoms with Crippen LogP contribution in [0.3, 0.4) is 0 Å². The van der Waals surface area contributed by atoms with Crippen LogP contribution in [0.5, 0.6) is 0 Å². The van der Waals surface area contributed by atoms with Crippen LogP contribution in [0, 0.1) is 0 Å². The molecule has 0 spiro atoms. The molecule has 0 aromatic rings. The molecule has 20 heavy (non-hydrogen) atoms. The molecule has 0 amide bonds. The lowest BCUT2D eigenvalue weighted by Crippen LogP contribution is -1.97. The molecule has 0 bridgehead atoms. The third-order valence-electron chi connectivity index (χ3n) is 3.27. The Morgan fingerprint density at radius 1 is 1.15 bits per heavy atom. The standard InChI is InChI=1S/C19H31N/c1-7-12-14-17(9-3)15-16(6)20-19(11-5)18(10-4)13-8-2/h7,9,12,14H,3,8,10-11,13,15H2,1-2,4-6H3/b12-7-,17-14+,19-18+,20-16?. The van der Waals surface area contributed by atoms with Crippen molar-refractivity contribution in [3.63, 3.8) is 0 Å². The number of rotatable bonds is 9. The van der Waals surface area contributed by atoms with Crippen LogP contribution in [0.1, 0.15) is 66.7 Å². The van der Waals surface area contributed by atoms with Crippen LogP contribution in [0.25, 0.3) is 0 Å². The minimum Gasteiger partial charge on any atom is -0.262 e. The first kappa shape index (κ1) is 18.6. The highest BCUT2D eigenvalue weighted by Gasteiger charge is 2.03. The average molecular weight is 273 g/mol. The van der Waals surface area contributed by atoms with E-state index >= 15 is 0 Å². The first-order chi connectivity index (χ1) is 9.62. The molecule has 112 valence electrons. The fourth-order valence-corrected chi connectivity index (χ4v) is 2.22. The first-order valence-corrected chi connectivity index (χ1v) is 7.82. The Kier molecular flexibility index (Phi) is 10.7. The number of allylic oxidation sites excluding steroid dienone is 7. The summed E-state index contributed by atoms with van der Waals surface area (Å²) in [5.41, 5.74) is 5.17. The van der Waals surface area contributed by atoms with E-state index in [1.807, 2.05) is 19.1 Å². The maximum Gasteiger partial charge on any atom is 0.0392 e. The third kappa shape index (κ3) is 7.28. The molecule has 0 aliphatic rings. The normalized spacial score (nSPS) is 14.7. The lowest BCUT2D eigenvalue weighted by atomic mass is 10.0. The van der Waals surface area contributed by atoms with Crippen LogP contribution in [0.15, 0.2) is 52.7 Å². The van der Waals surface area contributed by atoms with E-state index in [4.69, 9.17) is 4.99 Å². The zero-order valence-electron chi connectivity index (χ0n) is 14.0. The number of hydrogen-bond donors (Lipinski definition) is 0. The van der Waals surface area contributed by atoms with Gasteiger partial charge in [0.05, 0.1) is 0 Å². The molecule has 0 aliphatic heterocycles. The molecule has 0 aromatic carbocycles. The first-order valence-electron chi connectivity index (χ1n) is 7.82. The SMILES string of the molecule is C=C/C(=C\C=C/C)CC(C)=N/C(CC)=C(\CC)CCC. The average Bonchev–Trinajstić information content (AvgIpc) is 2.46. The second-order valence-electron chi connectivity index (χ2n) is 5.00. The Morgan fingerprint density at radius 3 is 2.30 bits per heavy atom. The third-order valence-corrected chi connectivity index (χ3v) is 3.27. The van der Waals surface area contributed by atoms with Crippen LogP contribution >= 0.6 is 0 Å². The molecule has 0 aromatic heterocycles. The molecule has 1 nitrogen and oxygen atoms in total. The number of aliphatic imine (C=N–C) groups is 1. The van der Waals surface area contributed by atoms with Crippen molar-refractivity contribution in [3.05, 3.63) is 47.7 Å². The maximum atomic E-state index is 4.86. The second kappa shape index (κ2) is 11.5. The van der Waals surface area contributed by atoms with E-state index in [0.29, 0.717) is 0 Å². The van der Waals surface area contributed by atoms with Crippen molar-refractivity contribution in [1.82, 2.24) is 0 Å². The molecular weight excluding hydrogens is 242 g/mol. The van der Waals surface area contributed by atoms with Crippen molar-refractivity contribution in [2.45, 2.75) is 66.7 Å². The van der Waals surface area contributed by atoms with Gasteiger partial charge in [-0.3, -0.25) is 4.99 Å². The van der Waals surface area contributed by atoms with E-state index in [0.717, 1.165) is 19.3 Å². The molecule has 0 atom stereocenters. The summed E-state index contributed by atoms with van der Waals surface area (Å²) in [6.07, 6.45) is 13.5. The topological polar surface area (TPSA) is 12.4 Å². The fourth-order valence-electron chi connectivity index (χ4n) is 2.22. The van der Waals surface area contributed by atoms with Gasteiger partial charge in [0.25, 0.3) is 0 Å². The molecule has 0 unspecified atom stereocenters. The summed E-state index contributed by atoms with van der Waals surface area (Å²) in [6, 6.07) is 0. The highest BCUT2D eigenvalue weighted by atomic mass is 14.8. The quantitative estimate of drug-likeness (QED) is 0.340. The van der Waals surface area contributed by atoms with E-state index in [9.17, 15) is 0 Å². The fraction of sp³-hybridized carbons (Fsp3) is 0.526. The molecule has 0 radical (unpaired) electrons. The summed E-state index contributed by atoms with van der Waals surface area (Å²) in [6.45, 7) is 14.7. The Bertz CT molecular complexity index is 405. The van der Waals surface area contributed by atoms with Gasteiger partial charge in [-0.1, -0.05) is 58.1 Å². The van der Waals surface area contributed by atoms with Gasteiger partial charge in [0, 0.05) is 17.8 Å². The van der Waals surface area contributed by atoms with Crippen molar-refractivity contribution in [1.29, 1.82) is 0 Å². The van der Waals surface area contributed by atoms with Crippen molar-refractivity contribution in [3.8, 4) is 0 Å². The van der Waals surface area contributed by atoms with Gasteiger partial charge in [-0.05, 0) is 44.3 Å². The number of hydrogen-bond acceptors (Lipinski definition) is 1. The predicted molar refractivity (Wildman–Crippen MR) is 93.3 cm³/mol. The Morgan fingerprint density at radius 2 is 1.85 bits per heavy atom. The molecule has 0 saturated heterocycles. The van der Waals surface area contributed by atoms with E-state index in [1.54, 1.807) is 0 Å². The summed E-state index contributed by atoms with van der Waals surface area (Å²) < 4.78 is 0. The van der Waals surface area contributed by atoms with Gasteiger partial charge in [0.1, 0.15) is 0 Å². The number of nitrogens with zero attached hydrogens (tertiary/aromatic N) is 1. The lowest BCUT2D eigenvalue weighted by molar-refractivity contribution is 0.821. The zero-order chi connectivity index (χ0) is 15.4. The van der Waals surface area contributed by atoms with Crippen molar-refractivity contribution in [2.75, 3.05) is 0 Å². The van der Waals surface area contributed by atoms with Gasteiger partial charge >= 0.3 is 0 Å². The highest BCUT2D eigenvalue weighted by Crippen LogP contribution is 2.20. The summed E-state index contributed by atoms with van der Waals surface area (Å²) in [5, 5.41) is 0. The van der Waals surface area contributed by atoms with E-state index in [-0.39, 0.29) is 0 Å². The van der Waals surface area contributed by atoms with Crippen LogP contribution < -0.4 is 0 Å². The zero-order valence-corrected chi connectivity index (χ0v) is 14.0. The highest BCUT2D eigenvalue weighted by molar-refractivity contribution is 5.85. The van der Waals surface area contributed by atoms with Gasteiger partial charge in [-0.2, -0.15) is 0 Å². The van der Waals surface area contributed by atoms with Gasteiger partial charge in [0.15, 0.2) is 0 Å². The molecule has 0 heterocycles. The van der Waals surface area contributed by atoms with E-state index in [1.165, 1.54) is 35.4 Å². The molecule has 0 aliphatic carbocycles. The summed E-state index contributed by atoms with van der Waals surface area (Å²) >= 11 is 0. The predicted octanol–water partition coefficient (Wildman–Crippen LogP) is 6.40. The van der Waals surface area contributed by atoms with Crippen LogP contribution in [-0.4, -0.2) is 5.71 Å². The summed E-state index contributed by atoms with van der Waals surface area (Å²) in [4.78, 5) is 4.86.